The number of rotatable bonds is 5. The molecule has 4 heteroatoms. The van der Waals surface area contributed by atoms with Gasteiger partial charge in [-0.2, -0.15) is 0 Å². The van der Waals surface area contributed by atoms with Gasteiger partial charge in [-0.3, -0.25) is 9.69 Å². The lowest BCUT2D eigenvalue weighted by atomic mass is 9.96. The fourth-order valence-corrected chi connectivity index (χ4v) is 3.92. The van der Waals surface area contributed by atoms with E-state index in [2.05, 4.69) is 35.9 Å². The maximum absolute atomic E-state index is 12.7. The molecule has 2 heterocycles. The summed E-state index contributed by atoms with van der Waals surface area (Å²) in [5.41, 5.74) is 0. The minimum absolute atomic E-state index is 0.338. The average Bonchev–Trinajstić information content (AvgIpc) is 2.47. The Hall–Kier alpha value is -0.610. The van der Waals surface area contributed by atoms with Gasteiger partial charge in [-0.15, -0.1) is 0 Å². The van der Waals surface area contributed by atoms with E-state index in [1.807, 2.05) is 0 Å². The molecule has 2 atom stereocenters. The van der Waals surface area contributed by atoms with Crippen molar-refractivity contribution in [1.82, 2.24) is 15.1 Å². The van der Waals surface area contributed by atoms with Crippen LogP contribution < -0.4 is 5.32 Å². The molecule has 0 radical (unpaired) electrons. The molecule has 0 aromatic carbocycles. The highest BCUT2D eigenvalue weighted by atomic mass is 16.2. The summed E-state index contributed by atoms with van der Waals surface area (Å²) in [6, 6.07) is 0.831. The minimum Gasteiger partial charge on any atom is -0.336 e. The maximum Gasteiger partial charge on any atom is 0.237 e. The van der Waals surface area contributed by atoms with Crippen molar-refractivity contribution in [3.05, 3.63) is 0 Å². The Morgan fingerprint density at radius 1 is 1.14 bits per heavy atom. The average molecular weight is 295 g/mol. The van der Waals surface area contributed by atoms with Crippen molar-refractivity contribution < 1.29 is 4.79 Å². The summed E-state index contributed by atoms with van der Waals surface area (Å²) < 4.78 is 0. The molecule has 0 aliphatic carbocycles. The van der Waals surface area contributed by atoms with Gasteiger partial charge >= 0.3 is 0 Å². The predicted molar refractivity (Wildman–Crippen MR) is 87.3 cm³/mol. The standard InChI is InChI=1S/C17H33N3O/c1-4-19(12-16-8-10-18-11-9-16)13-17(21)20-14(2)6-5-7-15(20)3/h14-16,18H,4-13H2,1-3H3. The number of nitrogens with one attached hydrogen (secondary N) is 1. The number of likely N-dealkylation sites (N-methyl/N-ethyl adjacent to an activating group) is 1. The van der Waals surface area contributed by atoms with Crippen LogP contribution in [0.4, 0.5) is 0 Å². The normalized spacial score (nSPS) is 28.1. The molecule has 1 amide bonds. The lowest BCUT2D eigenvalue weighted by Gasteiger charge is -2.40. The van der Waals surface area contributed by atoms with Crippen LogP contribution in [0.3, 0.4) is 0 Å². The summed E-state index contributed by atoms with van der Waals surface area (Å²) in [6.45, 7) is 11.5. The molecule has 122 valence electrons. The van der Waals surface area contributed by atoms with E-state index in [1.165, 1.54) is 19.3 Å². The molecule has 2 saturated heterocycles. The largest absolute Gasteiger partial charge is 0.336 e. The first-order valence-corrected chi connectivity index (χ1v) is 8.86. The Balaban J connectivity index is 1.86. The van der Waals surface area contributed by atoms with Crippen LogP contribution in [0.1, 0.15) is 52.9 Å². The zero-order chi connectivity index (χ0) is 15.2. The van der Waals surface area contributed by atoms with Gasteiger partial charge in [0.05, 0.1) is 6.54 Å². The summed E-state index contributed by atoms with van der Waals surface area (Å²) in [5, 5.41) is 3.42. The number of hydrogen-bond donors (Lipinski definition) is 1. The van der Waals surface area contributed by atoms with Gasteiger partial charge in [-0.25, -0.2) is 0 Å². The van der Waals surface area contributed by atoms with Gasteiger partial charge in [0.25, 0.3) is 0 Å². The van der Waals surface area contributed by atoms with Crippen LogP contribution in [-0.4, -0.2) is 60.5 Å². The predicted octanol–water partition coefficient (Wildman–Crippen LogP) is 2.10. The van der Waals surface area contributed by atoms with Crippen molar-refractivity contribution in [2.45, 2.75) is 65.0 Å². The lowest BCUT2D eigenvalue weighted by Crippen LogP contribution is -2.51. The van der Waals surface area contributed by atoms with Gasteiger partial charge in [0.15, 0.2) is 0 Å². The van der Waals surface area contributed by atoms with E-state index in [4.69, 9.17) is 0 Å². The fraction of sp³-hybridized carbons (Fsp3) is 0.941. The van der Waals surface area contributed by atoms with Crippen molar-refractivity contribution in [3.8, 4) is 0 Å². The summed E-state index contributed by atoms with van der Waals surface area (Å²) in [4.78, 5) is 17.2. The smallest absolute Gasteiger partial charge is 0.237 e. The highest BCUT2D eigenvalue weighted by Crippen LogP contribution is 2.23. The van der Waals surface area contributed by atoms with E-state index in [-0.39, 0.29) is 0 Å². The molecular weight excluding hydrogens is 262 g/mol. The number of hydrogen-bond acceptors (Lipinski definition) is 3. The summed E-state index contributed by atoms with van der Waals surface area (Å²) >= 11 is 0. The zero-order valence-electron chi connectivity index (χ0n) is 14.1. The van der Waals surface area contributed by atoms with Crippen LogP contribution in [0.25, 0.3) is 0 Å². The maximum atomic E-state index is 12.7. The molecule has 2 rings (SSSR count). The van der Waals surface area contributed by atoms with Crippen LogP contribution in [0.15, 0.2) is 0 Å². The molecule has 0 saturated carbocycles. The number of piperidine rings is 2. The Bertz CT molecular complexity index is 318. The van der Waals surface area contributed by atoms with E-state index >= 15 is 0 Å². The molecule has 2 aliphatic rings. The molecule has 2 aliphatic heterocycles. The monoisotopic (exact) mass is 295 g/mol. The fourth-order valence-electron chi connectivity index (χ4n) is 3.92. The third kappa shape index (κ3) is 4.68. The van der Waals surface area contributed by atoms with Crippen LogP contribution >= 0.6 is 0 Å². The highest BCUT2D eigenvalue weighted by molar-refractivity contribution is 5.79. The number of carbonyl (C=O) groups excluding carboxylic acids is 1. The zero-order valence-corrected chi connectivity index (χ0v) is 14.1. The minimum atomic E-state index is 0.338. The summed E-state index contributed by atoms with van der Waals surface area (Å²) in [6.07, 6.45) is 6.09. The Morgan fingerprint density at radius 3 is 2.33 bits per heavy atom. The van der Waals surface area contributed by atoms with E-state index < -0.39 is 0 Å². The highest BCUT2D eigenvalue weighted by Gasteiger charge is 2.29. The molecule has 0 bridgehead atoms. The third-order valence-electron chi connectivity index (χ3n) is 5.26. The first-order chi connectivity index (χ1) is 10.1. The van der Waals surface area contributed by atoms with Crippen molar-refractivity contribution in [2.75, 3.05) is 32.7 Å². The van der Waals surface area contributed by atoms with Gasteiger partial charge in [0.1, 0.15) is 0 Å². The van der Waals surface area contributed by atoms with Crippen molar-refractivity contribution in [2.24, 2.45) is 5.92 Å². The number of amides is 1. The van der Waals surface area contributed by atoms with E-state index in [9.17, 15) is 4.79 Å². The van der Waals surface area contributed by atoms with Gasteiger partial charge in [-0.05, 0) is 71.5 Å². The van der Waals surface area contributed by atoms with Gasteiger partial charge in [0.2, 0.25) is 5.91 Å². The quantitative estimate of drug-likeness (QED) is 0.844. The van der Waals surface area contributed by atoms with E-state index in [1.54, 1.807) is 0 Å². The summed E-state index contributed by atoms with van der Waals surface area (Å²) in [5.74, 6) is 1.10. The van der Waals surface area contributed by atoms with Crippen molar-refractivity contribution >= 4 is 5.91 Å². The second-order valence-corrected chi connectivity index (χ2v) is 6.95. The molecule has 4 nitrogen and oxygen atoms in total. The Labute approximate surface area is 130 Å². The van der Waals surface area contributed by atoms with Crippen LogP contribution in [0, 0.1) is 5.92 Å². The van der Waals surface area contributed by atoms with Crippen molar-refractivity contribution in [3.63, 3.8) is 0 Å². The SMILES string of the molecule is CCN(CC(=O)N1C(C)CCCC1C)CC1CCNCC1. The lowest BCUT2D eigenvalue weighted by molar-refractivity contribution is -0.138. The van der Waals surface area contributed by atoms with Crippen LogP contribution in [0.5, 0.6) is 0 Å². The van der Waals surface area contributed by atoms with Crippen LogP contribution in [-0.2, 0) is 4.79 Å². The molecular formula is C17H33N3O. The molecule has 1 N–H and O–H groups in total. The Kier molecular flexibility index (Phi) is 6.49. The molecule has 0 aromatic rings. The molecule has 0 spiro atoms. The number of nitrogens with zero attached hydrogens (tertiary/aromatic N) is 2. The van der Waals surface area contributed by atoms with E-state index in [0.717, 1.165) is 44.9 Å². The summed E-state index contributed by atoms with van der Waals surface area (Å²) in [7, 11) is 0. The first kappa shape index (κ1) is 16.8. The third-order valence-corrected chi connectivity index (χ3v) is 5.26. The number of carbonyl (C=O) groups is 1. The Morgan fingerprint density at radius 2 is 1.76 bits per heavy atom. The topological polar surface area (TPSA) is 35.6 Å². The van der Waals surface area contributed by atoms with Gasteiger partial charge < -0.3 is 10.2 Å². The van der Waals surface area contributed by atoms with Crippen LogP contribution in [0.2, 0.25) is 0 Å². The van der Waals surface area contributed by atoms with Crippen molar-refractivity contribution in [1.29, 1.82) is 0 Å². The molecule has 0 aromatic heterocycles. The first-order valence-electron chi connectivity index (χ1n) is 8.86. The van der Waals surface area contributed by atoms with E-state index in [0.29, 0.717) is 24.5 Å². The second-order valence-electron chi connectivity index (χ2n) is 6.95. The molecule has 21 heavy (non-hydrogen) atoms. The second kappa shape index (κ2) is 8.14. The molecule has 2 unspecified atom stereocenters. The van der Waals surface area contributed by atoms with Gasteiger partial charge in [-0.1, -0.05) is 6.92 Å². The van der Waals surface area contributed by atoms with Gasteiger partial charge in [0, 0.05) is 18.6 Å². The molecule has 2 fully saturated rings. The number of likely N-dealkylation sites (tertiary alicyclic amines) is 1.